The molecule has 3 heterocycles. The van der Waals surface area contributed by atoms with Crippen molar-refractivity contribution in [3.05, 3.63) is 34.4 Å². The number of halogens is 1. The van der Waals surface area contributed by atoms with E-state index in [0.717, 1.165) is 36.7 Å². The molecule has 3 rings (SSSR count). The molecular weight excluding hydrogens is 304 g/mol. The minimum Gasteiger partial charge on any atom is -0.361 e. The third-order valence-corrected chi connectivity index (χ3v) is 4.32. The Morgan fingerprint density at radius 1 is 1.45 bits per heavy atom. The first-order valence-electron chi connectivity index (χ1n) is 7.40. The van der Waals surface area contributed by atoms with E-state index in [-0.39, 0.29) is 5.91 Å². The molecule has 0 atom stereocenters. The molecule has 1 amide bonds. The molecule has 0 radical (unpaired) electrons. The van der Waals surface area contributed by atoms with Crippen LogP contribution in [0.3, 0.4) is 0 Å². The van der Waals surface area contributed by atoms with E-state index in [1.807, 2.05) is 29.6 Å². The summed E-state index contributed by atoms with van der Waals surface area (Å²) in [5, 5.41) is 8.72. The Hall–Kier alpha value is -1.82. The largest absolute Gasteiger partial charge is 0.361 e. The van der Waals surface area contributed by atoms with Crippen LogP contribution in [0.2, 0.25) is 5.02 Å². The lowest BCUT2D eigenvalue weighted by Crippen LogP contribution is -2.51. The molecule has 0 spiro atoms. The van der Waals surface area contributed by atoms with Crippen LogP contribution in [-0.2, 0) is 17.8 Å². The van der Waals surface area contributed by atoms with Gasteiger partial charge >= 0.3 is 0 Å². The Balaban J connectivity index is 1.43. The first-order valence-corrected chi connectivity index (χ1v) is 7.78. The van der Waals surface area contributed by atoms with Crippen molar-refractivity contribution in [2.45, 2.75) is 33.2 Å². The Kier molecular flexibility index (Phi) is 4.20. The number of amides is 1. The highest BCUT2D eigenvalue weighted by atomic mass is 35.5. The molecule has 6 nitrogen and oxygen atoms in total. The number of nitrogens with zero attached hydrogens (tertiary/aromatic N) is 4. The molecule has 0 unspecified atom stereocenters. The number of hydrogen-bond acceptors (Lipinski definition) is 4. The zero-order valence-electron chi connectivity index (χ0n) is 12.8. The lowest BCUT2D eigenvalue weighted by molar-refractivity contribution is -0.137. The van der Waals surface area contributed by atoms with Crippen molar-refractivity contribution in [1.82, 2.24) is 19.8 Å². The normalized spacial score (nSPS) is 15.1. The van der Waals surface area contributed by atoms with Gasteiger partial charge in [0.25, 0.3) is 0 Å². The van der Waals surface area contributed by atoms with Crippen LogP contribution in [0.1, 0.15) is 23.4 Å². The zero-order valence-corrected chi connectivity index (χ0v) is 13.5. The van der Waals surface area contributed by atoms with E-state index in [9.17, 15) is 4.79 Å². The number of aryl methyl sites for hydroxylation is 2. The predicted octanol–water partition coefficient (Wildman–Crippen LogP) is 2.23. The zero-order chi connectivity index (χ0) is 15.7. The highest BCUT2D eigenvalue weighted by molar-refractivity contribution is 6.30. The van der Waals surface area contributed by atoms with Crippen LogP contribution >= 0.6 is 11.6 Å². The topological polar surface area (TPSA) is 64.2 Å². The summed E-state index contributed by atoms with van der Waals surface area (Å²) in [7, 11) is 0. The highest BCUT2D eigenvalue weighted by Gasteiger charge is 2.30. The number of carbonyl (C=O) groups excluding carboxylic acids is 1. The average Bonchev–Trinajstić information content (AvgIpc) is 2.98. The molecule has 1 saturated heterocycles. The summed E-state index contributed by atoms with van der Waals surface area (Å²) in [5.74, 6) is 1.45. The summed E-state index contributed by atoms with van der Waals surface area (Å²) in [6, 6.07) is 0. The molecule has 0 N–H and O–H groups in total. The van der Waals surface area contributed by atoms with Gasteiger partial charge in [0.1, 0.15) is 5.76 Å². The predicted molar refractivity (Wildman–Crippen MR) is 81.6 cm³/mol. The van der Waals surface area contributed by atoms with Gasteiger partial charge in [-0.1, -0.05) is 16.8 Å². The first-order chi connectivity index (χ1) is 10.5. The Morgan fingerprint density at radius 2 is 2.23 bits per heavy atom. The minimum absolute atomic E-state index is 0.190. The van der Waals surface area contributed by atoms with Crippen LogP contribution in [0.25, 0.3) is 0 Å². The average molecular weight is 323 g/mol. The van der Waals surface area contributed by atoms with Gasteiger partial charge < -0.3 is 9.42 Å². The molecule has 0 aromatic carbocycles. The van der Waals surface area contributed by atoms with E-state index in [1.54, 1.807) is 6.20 Å². The Morgan fingerprint density at radius 3 is 2.82 bits per heavy atom. The van der Waals surface area contributed by atoms with Gasteiger partial charge in [0.05, 0.1) is 16.9 Å². The fraction of sp³-hybridized carbons (Fsp3) is 0.533. The maximum Gasteiger partial charge on any atom is 0.222 e. The van der Waals surface area contributed by atoms with Gasteiger partial charge in [0, 0.05) is 43.7 Å². The molecule has 0 bridgehead atoms. The van der Waals surface area contributed by atoms with Crippen molar-refractivity contribution in [3.63, 3.8) is 0 Å². The second-order valence-corrected chi connectivity index (χ2v) is 6.28. The lowest BCUT2D eigenvalue weighted by atomic mass is 9.98. The standard InChI is InChI=1S/C15H19ClN4O2/c1-10-14(11(2)22-18-10)3-4-15(21)19-6-12(7-19)8-20-9-13(16)5-17-20/h5,9,12H,3-4,6-8H2,1-2H3. The second kappa shape index (κ2) is 6.12. The smallest absolute Gasteiger partial charge is 0.222 e. The van der Waals surface area contributed by atoms with E-state index in [4.69, 9.17) is 16.1 Å². The SMILES string of the molecule is Cc1noc(C)c1CCC(=O)N1CC(Cn2cc(Cl)cn2)C1. The summed E-state index contributed by atoms with van der Waals surface area (Å²) >= 11 is 5.84. The summed E-state index contributed by atoms with van der Waals surface area (Å²) < 4.78 is 6.95. The van der Waals surface area contributed by atoms with Gasteiger partial charge in [-0.3, -0.25) is 9.48 Å². The maximum atomic E-state index is 12.2. The molecule has 7 heteroatoms. The quantitative estimate of drug-likeness (QED) is 0.846. The van der Waals surface area contributed by atoms with E-state index in [2.05, 4.69) is 10.3 Å². The van der Waals surface area contributed by atoms with Crippen molar-refractivity contribution >= 4 is 17.5 Å². The molecule has 0 aliphatic carbocycles. The first kappa shape index (κ1) is 15.1. The summed E-state index contributed by atoms with van der Waals surface area (Å²) in [6.07, 6.45) is 4.63. The van der Waals surface area contributed by atoms with E-state index in [0.29, 0.717) is 23.8 Å². The molecule has 2 aromatic rings. The van der Waals surface area contributed by atoms with Gasteiger partial charge in [-0.05, 0) is 20.3 Å². The minimum atomic E-state index is 0.190. The van der Waals surface area contributed by atoms with Gasteiger partial charge in [-0.2, -0.15) is 5.10 Å². The van der Waals surface area contributed by atoms with Crippen LogP contribution in [0.15, 0.2) is 16.9 Å². The number of carbonyl (C=O) groups is 1. The van der Waals surface area contributed by atoms with Crippen LogP contribution in [0, 0.1) is 19.8 Å². The monoisotopic (exact) mass is 322 g/mol. The summed E-state index contributed by atoms with van der Waals surface area (Å²) in [4.78, 5) is 14.1. The summed E-state index contributed by atoms with van der Waals surface area (Å²) in [6.45, 7) is 6.18. The van der Waals surface area contributed by atoms with Crippen LogP contribution in [0.5, 0.6) is 0 Å². The molecule has 22 heavy (non-hydrogen) atoms. The van der Waals surface area contributed by atoms with Crippen LogP contribution in [0.4, 0.5) is 0 Å². The Labute approximate surface area is 134 Å². The molecule has 118 valence electrons. The fourth-order valence-corrected chi connectivity index (χ4v) is 3.00. The summed E-state index contributed by atoms with van der Waals surface area (Å²) in [5.41, 5.74) is 1.93. The molecule has 1 fully saturated rings. The fourth-order valence-electron chi connectivity index (χ4n) is 2.84. The second-order valence-electron chi connectivity index (χ2n) is 5.85. The number of hydrogen-bond donors (Lipinski definition) is 0. The maximum absolute atomic E-state index is 12.2. The lowest BCUT2D eigenvalue weighted by Gasteiger charge is -2.39. The number of likely N-dealkylation sites (tertiary alicyclic amines) is 1. The molecule has 2 aromatic heterocycles. The van der Waals surface area contributed by atoms with Crippen molar-refractivity contribution in [1.29, 1.82) is 0 Å². The highest BCUT2D eigenvalue weighted by Crippen LogP contribution is 2.21. The molecular formula is C15H19ClN4O2. The third-order valence-electron chi connectivity index (χ3n) is 4.13. The van der Waals surface area contributed by atoms with Crippen molar-refractivity contribution in [2.75, 3.05) is 13.1 Å². The molecule has 1 aliphatic heterocycles. The van der Waals surface area contributed by atoms with E-state index in [1.165, 1.54) is 0 Å². The van der Waals surface area contributed by atoms with Crippen molar-refractivity contribution < 1.29 is 9.32 Å². The van der Waals surface area contributed by atoms with Crippen molar-refractivity contribution in [2.24, 2.45) is 5.92 Å². The van der Waals surface area contributed by atoms with Gasteiger partial charge in [-0.15, -0.1) is 0 Å². The van der Waals surface area contributed by atoms with E-state index >= 15 is 0 Å². The number of aromatic nitrogens is 3. The van der Waals surface area contributed by atoms with Crippen LogP contribution in [-0.4, -0.2) is 38.8 Å². The van der Waals surface area contributed by atoms with Gasteiger partial charge in [0.15, 0.2) is 0 Å². The molecule has 1 aliphatic rings. The Bertz CT molecular complexity index is 653. The van der Waals surface area contributed by atoms with E-state index < -0.39 is 0 Å². The van der Waals surface area contributed by atoms with Crippen LogP contribution < -0.4 is 0 Å². The van der Waals surface area contributed by atoms with Crippen molar-refractivity contribution in [3.8, 4) is 0 Å². The third kappa shape index (κ3) is 3.16. The number of rotatable bonds is 5. The molecule has 0 saturated carbocycles. The van der Waals surface area contributed by atoms with Gasteiger partial charge in [0.2, 0.25) is 5.91 Å². The van der Waals surface area contributed by atoms with Gasteiger partial charge in [-0.25, -0.2) is 0 Å².